The highest BCUT2D eigenvalue weighted by molar-refractivity contribution is 7.17. The van der Waals surface area contributed by atoms with Crippen molar-refractivity contribution in [3.05, 3.63) is 53.0 Å². The predicted molar refractivity (Wildman–Crippen MR) is 126 cm³/mol. The lowest BCUT2D eigenvalue weighted by molar-refractivity contribution is -0.127. The molecule has 0 spiro atoms. The number of aromatic nitrogens is 1. The number of para-hydroxylation sites is 1. The van der Waals surface area contributed by atoms with Gasteiger partial charge in [-0.25, -0.2) is 0 Å². The van der Waals surface area contributed by atoms with Gasteiger partial charge in [0.1, 0.15) is 11.2 Å². The van der Waals surface area contributed by atoms with Crippen LogP contribution in [0.5, 0.6) is 0 Å². The van der Waals surface area contributed by atoms with E-state index in [1.54, 1.807) is 16.2 Å². The maximum Gasteiger partial charge on any atom is 0.275 e. The van der Waals surface area contributed by atoms with Gasteiger partial charge in [0.15, 0.2) is 0 Å². The van der Waals surface area contributed by atoms with Gasteiger partial charge < -0.3 is 9.88 Å². The fourth-order valence-electron chi connectivity index (χ4n) is 5.26. The van der Waals surface area contributed by atoms with E-state index >= 15 is 0 Å². The van der Waals surface area contributed by atoms with E-state index in [1.165, 1.54) is 6.42 Å². The van der Waals surface area contributed by atoms with Crippen molar-refractivity contribution in [2.75, 3.05) is 4.90 Å². The average molecular weight is 436 g/mol. The third kappa shape index (κ3) is 3.19. The van der Waals surface area contributed by atoms with E-state index < -0.39 is 5.54 Å². The standard InChI is InChI=1S/C25H29N3O2S/c1-16-8-4-6-10-18(16)26-24(30)25(3)15-27-20-12-13-31-22(20)14-21(27)23(29)28(25)19-11-7-5-9-17(19)2/h5,7,9,11-14,16,18H,4,6,8,10,15H2,1-3H3,(H,26,30)/t16-,18+,25-/m1/s1. The first-order chi connectivity index (χ1) is 14.9. The number of aryl methyl sites for hydroxylation is 1. The summed E-state index contributed by atoms with van der Waals surface area (Å²) in [4.78, 5) is 29.4. The number of benzene rings is 1. The molecule has 1 saturated carbocycles. The monoisotopic (exact) mass is 435 g/mol. The summed E-state index contributed by atoms with van der Waals surface area (Å²) in [6.45, 7) is 6.57. The number of nitrogens with zero attached hydrogens (tertiary/aromatic N) is 2. The van der Waals surface area contributed by atoms with Gasteiger partial charge >= 0.3 is 0 Å². The van der Waals surface area contributed by atoms with E-state index in [4.69, 9.17) is 0 Å². The molecule has 5 nitrogen and oxygen atoms in total. The molecule has 3 aromatic rings. The van der Waals surface area contributed by atoms with Crippen LogP contribution in [-0.4, -0.2) is 28.0 Å². The fraction of sp³-hybridized carbons (Fsp3) is 0.440. The Balaban J connectivity index is 1.61. The smallest absolute Gasteiger partial charge is 0.275 e. The Hall–Kier alpha value is -2.60. The van der Waals surface area contributed by atoms with Crippen molar-refractivity contribution < 1.29 is 9.59 Å². The van der Waals surface area contributed by atoms with Crippen LogP contribution in [0.25, 0.3) is 10.2 Å². The summed E-state index contributed by atoms with van der Waals surface area (Å²) in [6.07, 6.45) is 4.51. The van der Waals surface area contributed by atoms with Gasteiger partial charge in [-0.15, -0.1) is 11.3 Å². The third-order valence-electron chi connectivity index (χ3n) is 7.18. The van der Waals surface area contributed by atoms with Gasteiger partial charge in [0.05, 0.1) is 16.8 Å². The van der Waals surface area contributed by atoms with Gasteiger partial charge in [-0.3, -0.25) is 14.5 Å². The number of fused-ring (bicyclic) bond motifs is 3. The Morgan fingerprint density at radius 2 is 1.97 bits per heavy atom. The van der Waals surface area contributed by atoms with Gasteiger partial charge in [0, 0.05) is 11.7 Å². The number of rotatable bonds is 3. The first-order valence-electron chi connectivity index (χ1n) is 11.2. The molecule has 0 saturated heterocycles. The normalized spacial score (nSPS) is 26.2. The van der Waals surface area contributed by atoms with Crippen LogP contribution in [0.15, 0.2) is 41.8 Å². The van der Waals surface area contributed by atoms with Crippen LogP contribution in [0.3, 0.4) is 0 Å². The fourth-order valence-corrected chi connectivity index (χ4v) is 6.08. The molecule has 0 radical (unpaired) electrons. The summed E-state index contributed by atoms with van der Waals surface area (Å²) in [5.74, 6) is 0.280. The Morgan fingerprint density at radius 3 is 2.74 bits per heavy atom. The van der Waals surface area contributed by atoms with Crippen molar-refractivity contribution in [2.24, 2.45) is 5.92 Å². The molecule has 0 unspecified atom stereocenters. The zero-order chi connectivity index (χ0) is 21.8. The van der Waals surface area contributed by atoms with Crippen LogP contribution < -0.4 is 10.2 Å². The maximum absolute atomic E-state index is 13.9. The number of nitrogens with one attached hydrogen (secondary N) is 1. The number of hydrogen-bond donors (Lipinski definition) is 1. The van der Waals surface area contributed by atoms with E-state index in [0.29, 0.717) is 18.2 Å². The second-order valence-corrected chi connectivity index (χ2v) is 10.3. The maximum atomic E-state index is 13.9. The van der Waals surface area contributed by atoms with Crippen LogP contribution in [0, 0.1) is 12.8 Å². The summed E-state index contributed by atoms with van der Waals surface area (Å²) in [5, 5.41) is 5.38. The van der Waals surface area contributed by atoms with Crippen molar-refractivity contribution in [1.29, 1.82) is 0 Å². The first-order valence-corrected chi connectivity index (χ1v) is 12.1. The van der Waals surface area contributed by atoms with Crippen LogP contribution in [0.4, 0.5) is 5.69 Å². The zero-order valence-corrected chi connectivity index (χ0v) is 19.2. The van der Waals surface area contributed by atoms with E-state index in [2.05, 4.69) is 12.2 Å². The number of anilines is 1. The van der Waals surface area contributed by atoms with Crippen molar-refractivity contribution in [3.63, 3.8) is 0 Å². The van der Waals surface area contributed by atoms with Gasteiger partial charge in [-0.05, 0) is 61.7 Å². The lowest BCUT2D eigenvalue weighted by Gasteiger charge is -2.45. The molecule has 162 valence electrons. The quantitative estimate of drug-likeness (QED) is 0.620. The van der Waals surface area contributed by atoms with Crippen LogP contribution in [0.1, 0.15) is 55.6 Å². The third-order valence-corrected chi connectivity index (χ3v) is 8.03. The summed E-state index contributed by atoms with van der Waals surface area (Å²) >= 11 is 1.63. The Labute approximate surface area is 187 Å². The predicted octanol–water partition coefficient (Wildman–Crippen LogP) is 5.13. The van der Waals surface area contributed by atoms with Crippen molar-refractivity contribution in [2.45, 2.75) is 64.6 Å². The Morgan fingerprint density at radius 1 is 1.19 bits per heavy atom. The number of carbonyl (C=O) groups excluding carboxylic acids is 2. The largest absolute Gasteiger partial charge is 0.351 e. The summed E-state index contributed by atoms with van der Waals surface area (Å²) in [6, 6.07) is 12.0. The highest BCUT2D eigenvalue weighted by atomic mass is 32.1. The lowest BCUT2D eigenvalue weighted by atomic mass is 9.84. The van der Waals surface area contributed by atoms with Crippen molar-refractivity contribution in [3.8, 4) is 0 Å². The first kappa shape index (κ1) is 20.3. The zero-order valence-electron chi connectivity index (χ0n) is 18.4. The molecule has 1 fully saturated rings. The van der Waals surface area contributed by atoms with Crippen LogP contribution in [-0.2, 0) is 11.3 Å². The molecule has 1 aliphatic heterocycles. The van der Waals surface area contributed by atoms with Gasteiger partial charge in [0.2, 0.25) is 5.91 Å². The Bertz CT molecular complexity index is 1160. The molecule has 2 aliphatic rings. The van der Waals surface area contributed by atoms with Crippen molar-refractivity contribution >= 4 is 39.1 Å². The molecular weight excluding hydrogens is 406 g/mol. The number of carbonyl (C=O) groups is 2. The highest BCUT2D eigenvalue weighted by Crippen LogP contribution is 2.38. The second kappa shape index (κ2) is 7.52. The topological polar surface area (TPSA) is 54.3 Å². The van der Waals surface area contributed by atoms with E-state index in [-0.39, 0.29) is 17.9 Å². The molecule has 1 aliphatic carbocycles. The minimum atomic E-state index is -1.01. The molecule has 2 aromatic heterocycles. The number of hydrogen-bond acceptors (Lipinski definition) is 3. The van der Waals surface area contributed by atoms with E-state index in [0.717, 1.165) is 40.7 Å². The SMILES string of the molecule is Cc1ccccc1N1C(=O)c2cc3sccc3n2C[C@]1(C)C(=O)N[C@H]1CCCC[C@H]1C. The van der Waals surface area contributed by atoms with Crippen molar-refractivity contribution in [1.82, 2.24) is 9.88 Å². The number of thiophene rings is 1. The summed E-state index contributed by atoms with van der Waals surface area (Å²) < 4.78 is 3.12. The molecule has 2 amide bonds. The minimum Gasteiger partial charge on any atom is -0.351 e. The Kier molecular flexibility index (Phi) is 4.93. The van der Waals surface area contributed by atoms with Gasteiger partial charge in [-0.2, -0.15) is 0 Å². The number of amides is 2. The molecule has 6 heteroatoms. The molecular formula is C25H29N3O2S. The molecule has 3 atom stereocenters. The van der Waals surface area contributed by atoms with Gasteiger partial charge in [0.25, 0.3) is 5.91 Å². The minimum absolute atomic E-state index is 0.0643. The molecule has 31 heavy (non-hydrogen) atoms. The average Bonchev–Trinajstić information content (AvgIpc) is 3.33. The summed E-state index contributed by atoms with van der Waals surface area (Å²) in [5.41, 5.74) is 2.46. The van der Waals surface area contributed by atoms with E-state index in [9.17, 15) is 9.59 Å². The van der Waals surface area contributed by atoms with Gasteiger partial charge in [-0.1, -0.05) is 38.0 Å². The van der Waals surface area contributed by atoms with Crippen LogP contribution >= 0.6 is 11.3 Å². The highest BCUT2D eigenvalue weighted by Gasteiger charge is 2.49. The van der Waals surface area contributed by atoms with E-state index in [1.807, 2.05) is 60.2 Å². The lowest BCUT2D eigenvalue weighted by Crippen LogP contribution is -2.66. The molecule has 3 heterocycles. The molecule has 0 bridgehead atoms. The molecule has 5 rings (SSSR count). The second-order valence-electron chi connectivity index (χ2n) is 9.33. The summed E-state index contributed by atoms with van der Waals surface area (Å²) in [7, 11) is 0. The van der Waals surface area contributed by atoms with Crippen LogP contribution in [0.2, 0.25) is 0 Å². The molecule has 1 N–H and O–H groups in total. The molecule has 1 aromatic carbocycles.